The number of benzene rings is 2. The van der Waals surface area contributed by atoms with Gasteiger partial charge in [-0.2, -0.15) is 0 Å². The molecule has 0 amide bonds. The molecular formula is C18H16O4. The minimum absolute atomic E-state index is 0.0499. The lowest BCUT2D eigenvalue weighted by Gasteiger charge is -2.19. The van der Waals surface area contributed by atoms with E-state index in [0.717, 1.165) is 11.3 Å². The molecule has 0 spiro atoms. The highest BCUT2D eigenvalue weighted by atomic mass is 16.5. The van der Waals surface area contributed by atoms with E-state index in [-0.39, 0.29) is 12.4 Å². The Labute approximate surface area is 128 Å². The molecule has 1 aliphatic rings. The van der Waals surface area contributed by atoms with Gasteiger partial charge in [-0.15, -0.1) is 0 Å². The molecule has 2 aromatic carbocycles. The maximum Gasteiger partial charge on any atom is 0.196 e. The molecule has 0 fully saturated rings. The zero-order chi connectivity index (χ0) is 15.5. The topological polar surface area (TPSA) is 44.8 Å². The van der Waals surface area contributed by atoms with Crippen molar-refractivity contribution in [2.45, 2.75) is 0 Å². The molecule has 1 heterocycles. The van der Waals surface area contributed by atoms with Crippen molar-refractivity contribution in [2.24, 2.45) is 0 Å². The van der Waals surface area contributed by atoms with E-state index in [0.29, 0.717) is 22.6 Å². The lowest BCUT2D eigenvalue weighted by Crippen LogP contribution is -2.19. The average molecular weight is 296 g/mol. The first-order valence-electron chi connectivity index (χ1n) is 6.92. The molecule has 4 heteroatoms. The molecule has 4 nitrogen and oxygen atoms in total. The molecule has 0 saturated heterocycles. The third kappa shape index (κ3) is 2.55. The van der Waals surface area contributed by atoms with Gasteiger partial charge in [-0.3, -0.25) is 4.79 Å². The predicted octanol–water partition coefficient (Wildman–Crippen LogP) is 3.36. The van der Waals surface area contributed by atoms with Crippen molar-refractivity contribution < 1.29 is 19.0 Å². The van der Waals surface area contributed by atoms with Crippen molar-refractivity contribution in [3.63, 3.8) is 0 Å². The molecule has 0 saturated carbocycles. The molecule has 0 aliphatic carbocycles. The second-order valence-corrected chi connectivity index (χ2v) is 4.89. The van der Waals surface area contributed by atoms with Crippen molar-refractivity contribution in [3.8, 4) is 17.2 Å². The Balaban J connectivity index is 2.00. The van der Waals surface area contributed by atoms with Gasteiger partial charge in [-0.25, -0.2) is 0 Å². The van der Waals surface area contributed by atoms with E-state index in [9.17, 15) is 4.79 Å². The molecular weight excluding hydrogens is 280 g/mol. The van der Waals surface area contributed by atoms with Crippen molar-refractivity contribution in [1.82, 2.24) is 0 Å². The average Bonchev–Trinajstić information content (AvgIpc) is 2.57. The number of hydrogen-bond acceptors (Lipinski definition) is 4. The lowest BCUT2D eigenvalue weighted by atomic mass is 9.98. The molecule has 3 rings (SSSR count). The number of para-hydroxylation sites is 1. The van der Waals surface area contributed by atoms with E-state index in [1.54, 1.807) is 32.4 Å². The molecule has 2 aromatic rings. The van der Waals surface area contributed by atoms with E-state index in [4.69, 9.17) is 14.2 Å². The Kier molecular flexibility index (Phi) is 3.83. The first-order chi connectivity index (χ1) is 10.7. The Morgan fingerprint density at radius 3 is 2.68 bits per heavy atom. The standard InChI is InChI=1S/C18H16O4/c1-20-14-7-8-17-15(10-14)18(19)13(11-22-17)9-12-5-3-4-6-16(12)21-2/h3-10H,11H2,1-2H3/b13-9+. The largest absolute Gasteiger partial charge is 0.497 e. The molecule has 22 heavy (non-hydrogen) atoms. The number of carbonyl (C=O) groups is 1. The van der Waals surface area contributed by atoms with E-state index in [2.05, 4.69) is 0 Å². The fourth-order valence-electron chi connectivity index (χ4n) is 2.41. The van der Waals surface area contributed by atoms with Crippen LogP contribution in [-0.4, -0.2) is 26.6 Å². The maximum absolute atomic E-state index is 12.6. The normalized spacial score (nSPS) is 15.2. The highest BCUT2D eigenvalue weighted by Crippen LogP contribution is 2.32. The Bertz CT molecular complexity index is 747. The quantitative estimate of drug-likeness (QED) is 0.815. The van der Waals surface area contributed by atoms with Crippen molar-refractivity contribution in [1.29, 1.82) is 0 Å². The number of ketones is 1. The van der Waals surface area contributed by atoms with Gasteiger partial charge in [-0.05, 0) is 30.3 Å². The highest BCUT2D eigenvalue weighted by molar-refractivity contribution is 6.14. The molecule has 0 bridgehead atoms. The highest BCUT2D eigenvalue weighted by Gasteiger charge is 2.24. The van der Waals surface area contributed by atoms with Gasteiger partial charge in [0.25, 0.3) is 0 Å². The number of fused-ring (bicyclic) bond motifs is 1. The van der Waals surface area contributed by atoms with Gasteiger partial charge in [0.05, 0.1) is 19.8 Å². The third-order valence-corrected chi connectivity index (χ3v) is 3.57. The first kappa shape index (κ1) is 14.2. The minimum Gasteiger partial charge on any atom is -0.497 e. The second-order valence-electron chi connectivity index (χ2n) is 4.89. The molecule has 0 radical (unpaired) electrons. The summed E-state index contributed by atoms with van der Waals surface area (Å²) in [7, 11) is 3.18. The number of hydrogen-bond donors (Lipinski definition) is 0. The van der Waals surface area contributed by atoms with Gasteiger partial charge in [0.15, 0.2) is 5.78 Å². The Morgan fingerprint density at radius 2 is 1.91 bits per heavy atom. The van der Waals surface area contributed by atoms with Crippen LogP contribution in [0, 0.1) is 0 Å². The number of carbonyl (C=O) groups excluding carboxylic acids is 1. The molecule has 0 unspecified atom stereocenters. The third-order valence-electron chi connectivity index (χ3n) is 3.57. The zero-order valence-corrected chi connectivity index (χ0v) is 12.5. The number of methoxy groups -OCH3 is 2. The minimum atomic E-state index is -0.0499. The van der Waals surface area contributed by atoms with Crippen LogP contribution in [0.2, 0.25) is 0 Å². The van der Waals surface area contributed by atoms with Crippen LogP contribution in [0.1, 0.15) is 15.9 Å². The van der Waals surface area contributed by atoms with Gasteiger partial charge in [0.2, 0.25) is 0 Å². The van der Waals surface area contributed by atoms with E-state index >= 15 is 0 Å². The van der Waals surface area contributed by atoms with Crippen LogP contribution in [0.5, 0.6) is 17.2 Å². The van der Waals surface area contributed by atoms with Crippen molar-refractivity contribution in [2.75, 3.05) is 20.8 Å². The van der Waals surface area contributed by atoms with Crippen molar-refractivity contribution in [3.05, 3.63) is 59.2 Å². The van der Waals surface area contributed by atoms with Crippen LogP contribution >= 0.6 is 0 Å². The van der Waals surface area contributed by atoms with Gasteiger partial charge in [-0.1, -0.05) is 18.2 Å². The smallest absolute Gasteiger partial charge is 0.196 e. The van der Waals surface area contributed by atoms with Crippen LogP contribution in [0.25, 0.3) is 6.08 Å². The number of ether oxygens (including phenoxy) is 3. The summed E-state index contributed by atoms with van der Waals surface area (Å²) in [4.78, 5) is 12.6. The SMILES string of the molecule is COc1ccc2c(c1)C(=O)/C(=C/c1ccccc1OC)CO2. The fraction of sp³-hybridized carbons (Fsp3) is 0.167. The number of rotatable bonds is 3. The summed E-state index contributed by atoms with van der Waals surface area (Å²) in [6.07, 6.45) is 1.81. The van der Waals surface area contributed by atoms with Crippen LogP contribution < -0.4 is 14.2 Å². The summed E-state index contributed by atoms with van der Waals surface area (Å²) in [5.74, 6) is 1.89. The second kappa shape index (κ2) is 5.93. The van der Waals surface area contributed by atoms with Gasteiger partial charge in [0.1, 0.15) is 23.9 Å². The van der Waals surface area contributed by atoms with E-state index in [1.807, 2.05) is 30.3 Å². The van der Waals surface area contributed by atoms with Gasteiger partial charge >= 0.3 is 0 Å². The Morgan fingerprint density at radius 1 is 1.09 bits per heavy atom. The first-order valence-corrected chi connectivity index (χ1v) is 6.92. The monoisotopic (exact) mass is 296 g/mol. The molecule has 0 aromatic heterocycles. The van der Waals surface area contributed by atoms with Crippen molar-refractivity contribution >= 4 is 11.9 Å². The Hall–Kier alpha value is -2.75. The van der Waals surface area contributed by atoms with E-state index < -0.39 is 0 Å². The predicted molar refractivity (Wildman–Crippen MR) is 83.8 cm³/mol. The van der Waals surface area contributed by atoms with Crippen LogP contribution in [0.3, 0.4) is 0 Å². The molecule has 112 valence electrons. The zero-order valence-electron chi connectivity index (χ0n) is 12.5. The number of Topliss-reactive ketones (excluding diaryl/α,β-unsaturated/α-hetero) is 1. The summed E-state index contributed by atoms with van der Waals surface area (Å²) in [6, 6.07) is 12.8. The summed E-state index contributed by atoms with van der Waals surface area (Å²) in [5.41, 5.74) is 1.96. The van der Waals surface area contributed by atoms with Crippen LogP contribution in [0.4, 0.5) is 0 Å². The van der Waals surface area contributed by atoms with E-state index in [1.165, 1.54) is 0 Å². The summed E-state index contributed by atoms with van der Waals surface area (Å²) in [5, 5.41) is 0. The molecule has 0 atom stereocenters. The fourth-order valence-corrected chi connectivity index (χ4v) is 2.41. The van der Waals surface area contributed by atoms with Gasteiger partial charge in [0, 0.05) is 11.1 Å². The summed E-state index contributed by atoms with van der Waals surface area (Å²) < 4.78 is 16.1. The summed E-state index contributed by atoms with van der Waals surface area (Å²) >= 11 is 0. The maximum atomic E-state index is 12.6. The van der Waals surface area contributed by atoms with Crippen LogP contribution in [0.15, 0.2) is 48.0 Å². The summed E-state index contributed by atoms with van der Waals surface area (Å²) in [6.45, 7) is 0.246. The van der Waals surface area contributed by atoms with Gasteiger partial charge < -0.3 is 14.2 Å². The molecule has 1 aliphatic heterocycles. The van der Waals surface area contributed by atoms with Crippen LogP contribution in [-0.2, 0) is 0 Å². The molecule has 0 N–H and O–H groups in total. The lowest BCUT2D eigenvalue weighted by molar-refractivity contribution is 0.100.